The van der Waals surface area contributed by atoms with Crippen molar-refractivity contribution in [1.29, 1.82) is 0 Å². The number of hydrogen-bond acceptors (Lipinski definition) is 4. The monoisotopic (exact) mass is 141 g/mol. The van der Waals surface area contributed by atoms with Crippen molar-refractivity contribution in [2.24, 2.45) is 5.73 Å². The van der Waals surface area contributed by atoms with Gasteiger partial charge in [0, 0.05) is 6.42 Å². The molecule has 0 fully saturated rings. The second-order valence-corrected chi connectivity index (χ2v) is 2.10. The number of aldehydes is 2. The van der Waals surface area contributed by atoms with Gasteiger partial charge in [-0.25, -0.2) is 0 Å². The Morgan fingerprint density at radius 3 is 2.70 bits per heavy atom. The van der Waals surface area contributed by atoms with Gasteiger partial charge in [-0.1, -0.05) is 0 Å². The van der Waals surface area contributed by atoms with Gasteiger partial charge in [-0.05, 0) is 6.08 Å². The van der Waals surface area contributed by atoms with Crippen molar-refractivity contribution in [3.8, 4) is 0 Å². The van der Waals surface area contributed by atoms with E-state index in [9.17, 15) is 9.59 Å². The van der Waals surface area contributed by atoms with E-state index in [4.69, 9.17) is 10.5 Å². The number of carbonyl (C=O) groups excluding carboxylic acids is 2. The highest BCUT2D eigenvalue weighted by molar-refractivity contribution is 5.74. The fourth-order valence-corrected chi connectivity index (χ4v) is 0.707. The summed E-state index contributed by atoms with van der Waals surface area (Å²) in [5.74, 6) is 0.134. The molecule has 0 aliphatic carbocycles. The first kappa shape index (κ1) is 6.95. The second-order valence-electron chi connectivity index (χ2n) is 2.10. The van der Waals surface area contributed by atoms with E-state index >= 15 is 0 Å². The van der Waals surface area contributed by atoms with Gasteiger partial charge in [-0.3, -0.25) is 15.3 Å². The minimum absolute atomic E-state index is 0.134. The molecule has 10 heavy (non-hydrogen) atoms. The molecular weight excluding hydrogens is 134 g/mol. The van der Waals surface area contributed by atoms with Crippen molar-refractivity contribution >= 4 is 12.6 Å². The fraction of sp³-hybridized carbons (Fsp3) is 0.333. The van der Waals surface area contributed by atoms with E-state index in [0.29, 0.717) is 12.6 Å². The second kappa shape index (κ2) is 2.22. The maximum absolute atomic E-state index is 10.2. The molecule has 1 rings (SSSR count). The zero-order chi connectivity index (χ0) is 7.61. The smallest absolute Gasteiger partial charge is 0.218 e. The summed E-state index contributed by atoms with van der Waals surface area (Å²) < 4.78 is 4.75. The van der Waals surface area contributed by atoms with Gasteiger partial charge >= 0.3 is 0 Å². The molecule has 4 nitrogen and oxygen atoms in total. The molecule has 0 aromatic carbocycles. The largest absolute Gasteiger partial charge is 0.463 e. The Balaban J connectivity index is 2.66. The highest BCUT2D eigenvalue weighted by Gasteiger charge is 2.31. The first-order valence-corrected chi connectivity index (χ1v) is 2.80. The molecule has 1 heterocycles. The lowest BCUT2D eigenvalue weighted by molar-refractivity contribution is -0.125. The molecule has 1 aliphatic rings. The molecule has 0 saturated carbocycles. The lowest BCUT2D eigenvalue weighted by Gasteiger charge is -2.15. The Morgan fingerprint density at radius 2 is 2.40 bits per heavy atom. The quantitative estimate of drug-likeness (QED) is 0.518. The number of allylic oxidation sites excluding steroid dienone is 1. The third-order valence-electron chi connectivity index (χ3n) is 1.25. The number of nitrogens with two attached hydrogens (primary N) is 1. The molecule has 1 atom stereocenters. The van der Waals surface area contributed by atoms with E-state index in [2.05, 4.69) is 0 Å². The van der Waals surface area contributed by atoms with Gasteiger partial charge in [0.05, 0.1) is 0 Å². The molecule has 2 N–H and O–H groups in total. The third-order valence-corrected chi connectivity index (χ3v) is 1.25. The van der Waals surface area contributed by atoms with Gasteiger partial charge in [0.25, 0.3) is 0 Å². The Labute approximate surface area is 57.6 Å². The summed E-state index contributed by atoms with van der Waals surface area (Å²) in [6.07, 6.45) is 2.77. The van der Waals surface area contributed by atoms with Crippen molar-refractivity contribution in [2.75, 3.05) is 0 Å². The number of rotatable bonds is 2. The zero-order valence-corrected chi connectivity index (χ0v) is 5.24. The van der Waals surface area contributed by atoms with Crippen LogP contribution in [-0.4, -0.2) is 18.3 Å². The minimum Gasteiger partial charge on any atom is -0.463 e. The molecule has 0 spiro atoms. The lowest BCUT2D eigenvalue weighted by Crippen LogP contribution is -2.41. The molecule has 1 unspecified atom stereocenters. The molecule has 0 saturated heterocycles. The Hall–Kier alpha value is -1.16. The summed E-state index contributed by atoms with van der Waals surface area (Å²) in [6.45, 7) is 0. The SMILES string of the molecule is NC1(C=O)CC=C(C=O)O1. The average Bonchev–Trinajstić information content (AvgIpc) is 2.33. The van der Waals surface area contributed by atoms with Crippen LogP contribution in [0.15, 0.2) is 11.8 Å². The van der Waals surface area contributed by atoms with Crippen LogP contribution in [0, 0.1) is 0 Å². The van der Waals surface area contributed by atoms with Crippen molar-refractivity contribution in [2.45, 2.75) is 12.1 Å². The van der Waals surface area contributed by atoms with Crippen LogP contribution in [0.4, 0.5) is 0 Å². The van der Waals surface area contributed by atoms with Gasteiger partial charge in [0.1, 0.15) is 0 Å². The molecule has 0 bridgehead atoms. The molecule has 0 aromatic rings. The summed E-state index contributed by atoms with van der Waals surface area (Å²) in [4.78, 5) is 20.2. The van der Waals surface area contributed by atoms with E-state index in [0.717, 1.165) is 0 Å². The molecule has 0 aromatic heterocycles. The van der Waals surface area contributed by atoms with E-state index in [-0.39, 0.29) is 12.2 Å². The highest BCUT2D eigenvalue weighted by atomic mass is 16.5. The van der Waals surface area contributed by atoms with E-state index in [1.54, 1.807) is 0 Å². The topological polar surface area (TPSA) is 69.4 Å². The van der Waals surface area contributed by atoms with Gasteiger partial charge in [-0.2, -0.15) is 0 Å². The van der Waals surface area contributed by atoms with Crippen LogP contribution >= 0.6 is 0 Å². The van der Waals surface area contributed by atoms with Crippen molar-refractivity contribution < 1.29 is 14.3 Å². The summed E-state index contributed by atoms with van der Waals surface area (Å²) in [7, 11) is 0. The minimum atomic E-state index is -1.30. The van der Waals surface area contributed by atoms with E-state index < -0.39 is 5.72 Å². The maximum Gasteiger partial charge on any atom is 0.218 e. The van der Waals surface area contributed by atoms with Crippen LogP contribution in [-0.2, 0) is 14.3 Å². The van der Waals surface area contributed by atoms with Gasteiger partial charge in [0.15, 0.2) is 18.3 Å². The van der Waals surface area contributed by atoms with E-state index in [1.165, 1.54) is 6.08 Å². The van der Waals surface area contributed by atoms with Crippen LogP contribution in [0.2, 0.25) is 0 Å². The van der Waals surface area contributed by atoms with Crippen LogP contribution in [0.5, 0.6) is 0 Å². The standard InChI is InChI=1S/C6H7NO3/c7-6(4-9)2-1-5(3-8)10-6/h1,3-4H,2,7H2. The molecule has 1 aliphatic heterocycles. The molecular formula is C6H7NO3. The van der Waals surface area contributed by atoms with Crippen molar-refractivity contribution in [3.63, 3.8) is 0 Å². The summed E-state index contributed by atoms with van der Waals surface area (Å²) >= 11 is 0. The number of ether oxygens (including phenoxy) is 1. The van der Waals surface area contributed by atoms with Gasteiger partial charge in [-0.15, -0.1) is 0 Å². The molecule has 0 radical (unpaired) electrons. The van der Waals surface area contributed by atoms with Crippen LogP contribution in [0.25, 0.3) is 0 Å². The van der Waals surface area contributed by atoms with Gasteiger partial charge < -0.3 is 4.74 Å². The van der Waals surface area contributed by atoms with Crippen LogP contribution in [0.1, 0.15) is 6.42 Å². The molecule has 54 valence electrons. The fourth-order valence-electron chi connectivity index (χ4n) is 0.707. The van der Waals surface area contributed by atoms with E-state index in [1.807, 2.05) is 0 Å². The maximum atomic E-state index is 10.2. The summed E-state index contributed by atoms with van der Waals surface area (Å²) in [6, 6.07) is 0. The number of carbonyl (C=O) groups is 2. The molecule has 0 amide bonds. The van der Waals surface area contributed by atoms with Crippen LogP contribution in [0.3, 0.4) is 0 Å². The Morgan fingerprint density at radius 1 is 1.70 bits per heavy atom. The molecule has 4 heteroatoms. The lowest BCUT2D eigenvalue weighted by atomic mass is 10.2. The first-order valence-electron chi connectivity index (χ1n) is 2.80. The van der Waals surface area contributed by atoms with Crippen LogP contribution < -0.4 is 5.73 Å². The third kappa shape index (κ3) is 1.06. The predicted octanol–water partition coefficient (Wildman–Crippen LogP) is -0.657. The summed E-state index contributed by atoms with van der Waals surface area (Å²) in [5.41, 5.74) is 4.03. The Bertz CT molecular complexity index is 199. The normalized spacial score (nSPS) is 30.7. The predicted molar refractivity (Wildman–Crippen MR) is 32.8 cm³/mol. The average molecular weight is 141 g/mol. The number of hydrogen-bond donors (Lipinski definition) is 1. The zero-order valence-electron chi connectivity index (χ0n) is 5.24. The first-order chi connectivity index (χ1) is 4.70. The van der Waals surface area contributed by atoms with Crippen molar-refractivity contribution in [1.82, 2.24) is 0 Å². The summed E-state index contributed by atoms with van der Waals surface area (Å²) in [5, 5.41) is 0. The van der Waals surface area contributed by atoms with Crippen molar-refractivity contribution in [3.05, 3.63) is 11.8 Å². The highest BCUT2D eigenvalue weighted by Crippen LogP contribution is 2.19. The van der Waals surface area contributed by atoms with Gasteiger partial charge in [0.2, 0.25) is 5.72 Å². The Kier molecular flexibility index (Phi) is 1.55.